The average Bonchev–Trinajstić information content (AvgIpc) is 3.06. The van der Waals surface area contributed by atoms with Crippen LogP contribution >= 0.6 is 0 Å². The standard InChI is InChI=1S/C21H21F3N2O3/c22-21(23,24)14-5-7-19-13(8-14)4-6-16(29-19)11-25-20(28)26-18-3-1-2-12-9-15(27)10-17(12)18/h1-3,5,7-8,15-16,27H,4,6,9-11H2,(H2,25,26,28)/t15?,16-/m1/s1. The number of aliphatic hydroxyl groups excluding tert-OH is 1. The molecule has 2 atom stereocenters. The van der Waals surface area contributed by atoms with E-state index in [-0.39, 0.29) is 18.7 Å². The molecule has 0 radical (unpaired) electrons. The molecule has 0 spiro atoms. The molecule has 0 fully saturated rings. The summed E-state index contributed by atoms with van der Waals surface area (Å²) in [4.78, 5) is 12.3. The van der Waals surface area contributed by atoms with Gasteiger partial charge in [0.2, 0.25) is 0 Å². The topological polar surface area (TPSA) is 70.6 Å². The van der Waals surface area contributed by atoms with Crippen LogP contribution in [0.25, 0.3) is 0 Å². The second kappa shape index (κ2) is 7.59. The minimum Gasteiger partial charge on any atom is -0.488 e. The fourth-order valence-electron chi connectivity index (χ4n) is 3.88. The Labute approximate surface area is 165 Å². The SMILES string of the molecule is O=C(NC[C@H]1CCc2cc(C(F)(F)F)ccc2O1)Nc1cccc2c1CC(O)C2. The normalized spacial score (nSPS) is 20.4. The van der Waals surface area contributed by atoms with Crippen molar-refractivity contribution in [3.63, 3.8) is 0 Å². The quantitative estimate of drug-likeness (QED) is 0.728. The van der Waals surface area contributed by atoms with Crippen LogP contribution in [0.5, 0.6) is 5.75 Å². The van der Waals surface area contributed by atoms with Crippen molar-refractivity contribution in [3.05, 3.63) is 58.7 Å². The number of carbonyl (C=O) groups excluding carboxylic acids is 1. The number of nitrogens with one attached hydrogen (secondary N) is 2. The summed E-state index contributed by atoms with van der Waals surface area (Å²) >= 11 is 0. The molecule has 154 valence electrons. The second-order valence-electron chi connectivity index (χ2n) is 7.44. The Kier molecular flexibility index (Phi) is 5.12. The lowest BCUT2D eigenvalue weighted by molar-refractivity contribution is -0.137. The van der Waals surface area contributed by atoms with Gasteiger partial charge >= 0.3 is 12.2 Å². The predicted octanol–water partition coefficient (Wildman–Crippen LogP) is 3.68. The number of alkyl halides is 3. The maximum atomic E-state index is 12.8. The van der Waals surface area contributed by atoms with Crippen LogP contribution in [0.1, 0.15) is 28.7 Å². The highest BCUT2D eigenvalue weighted by Gasteiger charge is 2.32. The molecule has 3 N–H and O–H groups in total. The van der Waals surface area contributed by atoms with E-state index in [0.29, 0.717) is 42.7 Å². The van der Waals surface area contributed by atoms with E-state index in [1.807, 2.05) is 12.1 Å². The Morgan fingerprint density at radius 1 is 1.17 bits per heavy atom. The summed E-state index contributed by atoms with van der Waals surface area (Å²) in [6.45, 7) is 0.240. The smallest absolute Gasteiger partial charge is 0.416 e. The van der Waals surface area contributed by atoms with Crippen LogP contribution in [0.3, 0.4) is 0 Å². The molecule has 2 aromatic rings. The van der Waals surface area contributed by atoms with Gasteiger partial charge in [-0.1, -0.05) is 12.1 Å². The van der Waals surface area contributed by atoms with Crippen molar-refractivity contribution < 1.29 is 27.8 Å². The van der Waals surface area contributed by atoms with E-state index in [4.69, 9.17) is 4.74 Å². The van der Waals surface area contributed by atoms with Crippen LogP contribution in [-0.2, 0) is 25.4 Å². The number of amides is 2. The first-order chi connectivity index (χ1) is 13.8. The number of halogens is 3. The lowest BCUT2D eigenvalue weighted by Crippen LogP contribution is -2.39. The number of anilines is 1. The van der Waals surface area contributed by atoms with Gasteiger partial charge in [0.15, 0.2) is 0 Å². The molecule has 0 bridgehead atoms. The molecule has 2 aromatic carbocycles. The second-order valence-corrected chi connectivity index (χ2v) is 7.44. The molecule has 29 heavy (non-hydrogen) atoms. The minimum absolute atomic E-state index is 0.240. The highest BCUT2D eigenvalue weighted by Crippen LogP contribution is 2.35. The van der Waals surface area contributed by atoms with Gasteiger partial charge in [0.05, 0.1) is 18.2 Å². The maximum Gasteiger partial charge on any atom is 0.416 e. The van der Waals surface area contributed by atoms with Gasteiger partial charge in [-0.05, 0) is 60.2 Å². The van der Waals surface area contributed by atoms with E-state index in [1.54, 1.807) is 6.07 Å². The van der Waals surface area contributed by atoms with Gasteiger partial charge < -0.3 is 20.5 Å². The molecule has 1 aliphatic carbocycles. The number of ether oxygens (including phenoxy) is 1. The Balaban J connectivity index is 1.33. The summed E-state index contributed by atoms with van der Waals surface area (Å²) in [6, 6.07) is 8.64. The van der Waals surface area contributed by atoms with E-state index in [1.165, 1.54) is 6.07 Å². The van der Waals surface area contributed by atoms with Gasteiger partial charge in [-0.2, -0.15) is 13.2 Å². The molecule has 8 heteroatoms. The Bertz CT molecular complexity index is 930. The molecule has 2 aliphatic rings. The molecule has 0 saturated heterocycles. The third-order valence-corrected chi connectivity index (χ3v) is 5.32. The maximum absolute atomic E-state index is 12.8. The monoisotopic (exact) mass is 406 g/mol. The zero-order valence-electron chi connectivity index (χ0n) is 15.6. The molecular weight excluding hydrogens is 385 g/mol. The van der Waals surface area contributed by atoms with Crippen molar-refractivity contribution in [1.29, 1.82) is 0 Å². The van der Waals surface area contributed by atoms with Gasteiger partial charge in [0.25, 0.3) is 0 Å². The highest BCUT2D eigenvalue weighted by atomic mass is 19.4. The number of rotatable bonds is 3. The Morgan fingerprint density at radius 2 is 2.00 bits per heavy atom. The molecule has 1 unspecified atom stereocenters. The summed E-state index contributed by atoms with van der Waals surface area (Å²) in [6.07, 6.45) is -3.05. The average molecular weight is 406 g/mol. The van der Waals surface area contributed by atoms with Gasteiger partial charge in [0.1, 0.15) is 11.9 Å². The van der Waals surface area contributed by atoms with E-state index < -0.39 is 17.8 Å². The zero-order valence-corrected chi connectivity index (χ0v) is 15.6. The summed E-state index contributed by atoms with van der Waals surface area (Å²) in [5.74, 6) is 0.423. The van der Waals surface area contributed by atoms with Crippen LogP contribution in [0.2, 0.25) is 0 Å². The van der Waals surface area contributed by atoms with Gasteiger partial charge in [-0.3, -0.25) is 0 Å². The molecule has 0 aromatic heterocycles. The lowest BCUT2D eigenvalue weighted by atomic mass is 9.99. The van der Waals surface area contributed by atoms with E-state index in [9.17, 15) is 23.1 Å². The van der Waals surface area contributed by atoms with E-state index in [2.05, 4.69) is 10.6 Å². The number of benzene rings is 2. The molecule has 2 amide bonds. The number of carbonyl (C=O) groups is 1. The zero-order chi connectivity index (χ0) is 20.6. The van der Waals surface area contributed by atoms with Crippen molar-refractivity contribution in [1.82, 2.24) is 5.32 Å². The number of urea groups is 1. The fraction of sp³-hybridized carbons (Fsp3) is 0.381. The van der Waals surface area contributed by atoms with Crippen molar-refractivity contribution >= 4 is 11.7 Å². The third kappa shape index (κ3) is 4.32. The first-order valence-corrected chi connectivity index (χ1v) is 9.50. The number of aliphatic hydroxyl groups is 1. The summed E-state index contributed by atoms with van der Waals surface area (Å²) in [5.41, 5.74) is 2.49. The number of fused-ring (bicyclic) bond motifs is 2. The van der Waals surface area contributed by atoms with Crippen molar-refractivity contribution in [3.8, 4) is 5.75 Å². The summed E-state index contributed by atoms with van der Waals surface area (Å²) in [5, 5.41) is 15.4. The molecule has 0 saturated carbocycles. The van der Waals surface area contributed by atoms with Crippen LogP contribution in [0, 0.1) is 0 Å². The largest absolute Gasteiger partial charge is 0.488 e. The first kappa shape index (κ1) is 19.6. The van der Waals surface area contributed by atoms with Crippen molar-refractivity contribution in [2.24, 2.45) is 0 Å². The van der Waals surface area contributed by atoms with Gasteiger partial charge in [0, 0.05) is 12.1 Å². The molecule has 1 heterocycles. The van der Waals surface area contributed by atoms with Gasteiger partial charge in [-0.15, -0.1) is 0 Å². The van der Waals surface area contributed by atoms with Crippen LogP contribution < -0.4 is 15.4 Å². The number of hydrogen-bond donors (Lipinski definition) is 3. The lowest BCUT2D eigenvalue weighted by Gasteiger charge is -2.27. The fourth-order valence-corrected chi connectivity index (χ4v) is 3.88. The summed E-state index contributed by atoms with van der Waals surface area (Å²) in [7, 11) is 0. The molecule has 5 nitrogen and oxygen atoms in total. The highest BCUT2D eigenvalue weighted by molar-refractivity contribution is 5.90. The molecular formula is C21H21F3N2O3. The van der Waals surface area contributed by atoms with Gasteiger partial charge in [-0.25, -0.2) is 4.79 Å². The molecule has 1 aliphatic heterocycles. The Hall–Kier alpha value is -2.74. The van der Waals surface area contributed by atoms with Crippen LogP contribution in [0.4, 0.5) is 23.7 Å². The first-order valence-electron chi connectivity index (χ1n) is 9.50. The predicted molar refractivity (Wildman–Crippen MR) is 101 cm³/mol. The number of aryl methyl sites for hydroxylation is 1. The van der Waals surface area contributed by atoms with Crippen molar-refractivity contribution in [2.75, 3.05) is 11.9 Å². The van der Waals surface area contributed by atoms with E-state index >= 15 is 0 Å². The third-order valence-electron chi connectivity index (χ3n) is 5.32. The summed E-state index contributed by atoms with van der Waals surface area (Å²) < 4.78 is 44.2. The number of hydrogen-bond acceptors (Lipinski definition) is 3. The van der Waals surface area contributed by atoms with Crippen molar-refractivity contribution in [2.45, 2.75) is 44.1 Å². The van der Waals surface area contributed by atoms with E-state index in [0.717, 1.165) is 23.3 Å². The molecule has 4 rings (SSSR count). The van der Waals surface area contributed by atoms with Crippen LogP contribution in [0.15, 0.2) is 36.4 Å². The Morgan fingerprint density at radius 3 is 2.79 bits per heavy atom. The van der Waals surface area contributed by atoms with Crippen LogP contribution in [-0.4, -0.2) is 29.9 Å². The minimum atomic E-state index is -4.38.